The third-order valence-corrected chi connectivity index (χ3v) is 4.19. The highest BCUT2D eigenvalue weighted by Gasteiger charge is 2.37. The lowest BCUT2D eigenvalue weighted by molar-refractivity contribution is -0.137. The Bertz CT molecular complexity index is 912. The van der Waals surface area contributed by atoms with E-state index in [1.165, 1.54) is 4.90 Å². The molecule has 1 amide bonds. The maximum Gasteiger partial charge on any atom is 0.416 e. The van der Waals surface area contributed by atoms with Gasteiger partial charge in [-0.25, -0.2) is 9.37 Å². The van der Waals surface area contributed by atoms with Gasteiger partial charge in [-0.05, 0) is 24.3 Å². The number of hydrogen-bond acceptors (Lipinski definition) is 4. The Morgan fingerprint density at radius 1 is 1.29 bits per heavy atom. The fraction of sp³-hybridized carbons (Fsp3) is 0.278. The van der Waals surface area contributed by atoms with Gasteiger partial charge in [0.15, 0.2) is 11.6 Å². The molecule has 10 heteroatoms. The molecule has 0 unspecified atom stereocenters. The Kier molecular flexibility index (Phi) is 5.21. The molecule has 0 N–H and O–H groups in total. The van der Waals surface area contributed by atoms with E-state index in [-0.39, 0.29) is 24.8 Å². The van der Waals surface area contributed by atoms with Crippen molar-refractivity contribution in [1.82, 2.24) is 14.5 Å². The number of halogens is 4. The third kappa shape index (κ3) is 4.21. The number of carbonyl (C=O) groups excluding carboxylic acids is 1. The van der Waals surface area contributed by atoms with E-state index in [4.69, 9.17) is 4.84 Å². The molecule has 2 aromatic rings. The van der Waals surface area contributed by atoms with Crippen LogP contribution in [0.2, 0.25) is 0 Å². The lowest BCUT2D eigenvalue weighted by Gasteiger charge is -2.38. The second-order valence-corrected chi connectivity index (χ2v) is 6.33. The predicted octanol–water partition coefficient (Wildman–Crippen LogP) is 3.16. The number of carbonyl (C=O) groups is 1. The van der Waals surface area contributed by atoms with E-state index >= 15 is 0 Å². The molecule has 3 rings (SSSR count). The van der Waals surface area contributed by atoms with Crippen LogP contribution in [0.5, 0.6) is 5.75 Å². The number of rotatable bonds is 5. The molecule has 1 fully saturated rings. The van der Waals surface area contributed by atoms with Gasteiger partial charge in [0.2, 0.25) is 0 Å². The summed E-state index contributed by atoms with van der Waals surface area (Å²) in [5.41, 5.74) is 0.105. The van der Waals surface area contributed by atoms with Crippen LogP contribution in [0.1, 0.15) is 11.3 Å². The molecule has 0 spiro atoms. The van der Waals surface area contributed by atoms with E-state index in [9.17, 15) is 22.4 Å². The van der Waals surface area contributed by atoms with Crippen LogP contribution in [0.25, 0.3) is 0 Å². The number of hydrogen-bond donors (Lipinski definition) is 0. The summed E-state index contributed by atoms with van der Waals surface area (Å²) in [5.74, 6) is -1.98. The molecule has 0 saturated carbocycles. The third-order valence-electron chi connectivity index (χ3n) is 4.19. The van der Waals surface area contributed by atoms with Crippen molar-refractivity contribution in [3.63, 3.8) is 0 Å². The molecule has 1 aliphatic rings. The SMILES string of the molecule is C=C(F)C(=O)N1CC(C(=NOc2ccc(C(F)(F)F)cc2)c2cn(C)cn2)C1. The van der Waals surface area contributed by atoms with Crippen LogP contribution >= 0.6 is 0 Å². The van der Waals surface area contributed by atoms with Crippen molar-refractivity contribution in [3.05, 3.63) is 60.5 Å². The highest BCUT2D eigenvalue weighted by atomic mass is 19.4. The molecule has 2 heterocycles. The van der Waals surface area contributed by atoms with Gasteiger partial charge < -0.3 is 14.3 Å². The number of alkyl halides is 3. The van der Waals surface area contributed by atoms with Gasteiger partial charge in [-0.2, -0.15) is 13.2 Å². The summed E-state index contributed by atoms with van der Waals surface area (Å²) in [7, 11) is 1.76. The van der Waals surface area contributed by atoms with E-state index in [1.807, 2.05) is 0 Å². The smallest absolute Gasteiger partial charge is 0.357 e. The van der Waals surface area contributed by atoms with Gasteiger partial charge in [-0.15, -0.1) is 0 Å². The molecule has 148 valence electrons. The zero-order chi connectivity index (χ0) is 20.5. The summed E-state index contributed by atoms with van der Waals surface area (Å²) in [6, 6.07) is 4.10. The molecular formula is C18H16F4N4O2. The first-order chi connectivity index (χ1) is 13.1. The first-order valence-electron chi connectivity index (χ1n) is 8.19. The topological polar surface area (TPSA) is 59.7 Å². The summed E-state index contributed by atoms with van der Waals surface area (Å²) in [6.07, 6.45) is -1.20. The zero-order valence-corrected chi connectivity index (χ0v) is 14.8. The van der Waals surface area contributed by atoms with Gasteiger partial charge in [0.05, 0.1) is 11.9 Å². The number of nitrogens with zero attached hydrogens (tertiary/aromatic N) is 4. The van der Waals surface area contributed by atoms with E-state index in [2.05, 4.69) is 16.7 Å². The maximum atomic E-state index is 13.0. The molecule has 0 bridgehead atoms. The van der Waals surface area contributed by atoms with Crippen molar-refractivity contribution < 1.29 is 27.2 Å². The van der Waals surface area contributed by atoms with Crippen molar-refractivity contribution in [1.29, 1.82) is 0 Å². The Hall–Kier alpha value is -3.17. The summed E-state index contributed by atoms with van der Waals surface area (Å²) in [5, 5.41) is 4.04. The normalized spacial score (nSPS) is 15.3. The second-order valence-electron chi connectivity index (χ2n) is 6.33. The van der Waals surface area contributed by atoms with Crippen molar-refractivity contribution in [3.8, 4) is 5.75 Å². The highest BCUT2D eigenvalue weighted by molar-refractivity contribution is 6.02. The van der Waals surface area contributed by atoms with Gasteiger partial charge >= 0.3 is 6.18 Å². The van der Waals surface area contributed by atoms with Crippen LogP contribution < -0.4 is 4.84 Å². The molecular weight excluding hydrogens is 380 g/mol. The number of imidazole rings is 1. The average molecular weight is 396 g/mol. The van der Waals surface area contributed by atoms with Gasteiger partial charge in [0, 0.05) is 32.3 Å². The molecule has 1 aliphatic heterocycles. The van der Waals surface area contributed by atoms with E-state index in [1.54, 1.807) is 24.1 Å². The minimum Gasteiger partial charge on any atom is -0.357 e. The second kappa shape index (κ2) is 7.45. The summed E-state index contributed by atoms with van der Waals surface area (Å²) in [4.78, 5) is 22.3. The quantitative estimate of drug-likeness (QED) is 0.338. The fourth-order valence-corrected chi connectivity index (χ4v) is 2.67. The number of aromatic nitrogens is 2. The number of likely N-dealkylation sites (tertiary alicyclic amines) is 1. The zero-order valence-electron chi connectivity index (χ0n) is 14.8. The lowest BCUT2D eigenvalue weighted by Crippen LogP contribution is -2.53. The fourth-order valence-electron chi connectivity index (χ4n) is 2.67. The minimum atomic E-state index is -4.44. The van der Waals surface area contributed by atoms with Crippen molar-refractivity contribution in [2.24, 2.45) is 18.1 Å². The first kappa shape index (κ1) is 19.6. The molecule has 6 nitrogen and oxygen atoms in total. The molecule has 1 saturated heterocycles. The number of amides is 1. The van der Waals surface area contributed by atoms with E-state index < -0.39 is 23.5 Å². The molecule has 0 radical (unpaired) electrons. The molecule has 1 aromatic carbocycles. The van der Waals surface area contributed by atoms with Crippen molar-refractivity contribution in [2.75, 3.05) is 13.1 Å². The summed E-state index contributed by atoms with van der Waals surface area (Å²) < 4.78 is 52.6. The van der Waals surface area contributed by atoms with Gasteiger partial charge in [0.25, 0.3) is 5.91 Å². The summed E-state index contributed by atoms with van der Waals surface area (Å²) in [6.45, 7) is 3.38. The average Bonchev–Trinajstić information content (AvgIpc) is 3.01. The van der Waals surface area contributed by atoms with Crippen LogP contribution in [0.4, 0.5) is 17.6 Å². The lowest BCUT2D eigenvalue weighted by atomic mass is 9.92. The number of aryl methyl sites for hydroxylation is 1. The van der Waals surface area contributed by atoms with Gasteiger partial charge in [-0.3, -0.25) is 4.79 Å². The van der Waals surface area contributed by atoms with Gasteiger partial charge in [-0.1, -0.05) is 11.7 Å². The highest BCUT2D eigenvalue weighted by Crippen LogP contribution is 2.30. The Morgan fingerprint density at radius 2 is 1.93 bits per heavy atom. The van der Waals surface area contributed by atoms with E-state index in [0.29, 0.717) is 11.4 Å². The van der Waals surface area contributed by atoms with Crippen molar-refractivity contribution in [2.45, 2.75) is 6.18 Å². The largest absolute Gasteiger partial charge is 0.416 e. The van der Waals surface area contributed by atoms with Crippen LogP contribution in [0.15, 0.2) is 54.4 Å². The number of oxime groups is 1. The molecule has 1 aromatic heterocycles. The first-order valence-corrected chi connectivity index (χ1v) is 8.19. The van der Waals surface area contributed by atoms with Crippen molar-refractivity contribution >= 4 is 11.6 Å². The Labute approximate surface area is 157 Å². The van der Waals surface area contributed by atoms with Crippen LogP contribution in [-0.2, 0) is 18.0 Å². The monoisotopic (exact) mass is 396 g/mol. The van der Waals surface area contributed by atoms with E-state index in [0.717, 1.165) is 24.3 Å². The molecule has 0 aliphatic carbocycles. The van der Waals surface area contributed by atoms with Crippen LogP contribution in [-0.4, -0.2) is 39.2 Å². The standard InChI is InChI=1S/C18H16F4N4O2/c1-11(19)17(27)26-7-12(8-26)16(15-9-25(2)10-23-15)24-28-14-5-3-13(4-6-14)18(20,21)22/h3-6,9-10,12H,1,7-8H2,2H3. The maximum absolute atomic E-state index is 13.0. The molecule has 0 atom stereocenters. The van der Waals surface area contributed by atoms with Crippen LogP contribution in [0.3, 0.4) is 0 Å². The predicted molar refractivity (Wildman–Crippen MR) is 92.1 cm³/mol. The minimum absolute atomic E-state index is 0.117. The Balaban J connectivity index is 1.76. The molecule has 28 heavy (non-hydrogen) atoms. The van der Waals surface area contributed by atoms with Gasteiger partial charge in [0.1, 0.15) is 11.4 Å². The summed E-state index contributed by atoms with van der Waals surface area (Å²) >= 11 is 0. The Morgan fingerprint density at radius 3 is 2.43 bits per heavy atom. The number of benzene rings is 1. The van der Waals surface area contributed by atoms with Crippen LogP contribution in [0, 0.1) is 5.92 Å².